The third-order valence-electron chi connectivity index (χ3n) is 14.9. The molecule has 0 spiro atoms. The van der Waals surface area contributed by atoms with Crippen molar-refractivity contribution < 1.29 is 9.53 Å². The molecule has 4 rings (SSSR count). The first-order valence-corrected chi connectivity index (χ1v) is 21.5. The first-order chi connectivity index (χ1) is 22.6. The molecule has 0 aromatic carbocycles. The summed E-state index contributed by atoms with van der Waals surface area (Å²) in [5.74, 6) is 6.58. The summed E-state index contributed by atoms with van der Waals surface area (Å²) in [6.45, 7) is 14.8. The van der Waals surface area contributed by atoms with Crippen LogP contribution in [0.1, 0.15) is 215 Å². The van der Waals surface area contributed by atoms with E-state index in [0.717, 1.165) is 60.7 Å². The van der Waals surface area contributed by atoms with Gasteiger partial charge in [0.2, 0.25) is 0 Å². The van der Waals surface area contributed by atoms with Crippen molar-refractivity contribution >= 4 is 5.97 Å². The molecule has 0 radical (unpaired) electrons. The maximum absolute atomic E-state index is 12.3. The first kappa shape index (κ1) is 39.0. The van der Waals surface area contributed by atoms with E-state index < -0.39 is 0 Å². The molecule has 4 saturated carbocycles. The number of unbranched alkanes of at least 4 members (excludes halogenated alkanes) is 11. The number of fused-ring (bicyclic) bond motifs is 5. The Hall–Kier alpha value is -0.790. The van der Waals surface area contributed by atoms with Crippen LogP contribution in [0, 0.1) is 52.3 Å². The molecule has 2 nitrogen and oxygen atoms in total. The van der Waals surface area contributed by atoms with E-state index in [0.29, 0.717) is 17.3 Å². The molecule has 4 aliphatic carbocycles. The van der Waals surface area contributed by atoms with Gasteiger partial charge in [0.15, 0.2) is 0 Å². The van der Waals surface area contributed by atoms with E-state index in [-0.39, 0.29) is 5.97 Å². The van der Waals surface area contributed by atoms with Crippen molar-refractivity contribution in [3.8, 4) is 0 Å². The number of hydrogen-bond acceptors (Lipinski definition) is 2. The van der Waals surface area contributed by atoms with E-state index in [2.05, 4.69) is 41.5 Å². The summed E-state index contributed by atoms with van der Waals surface area (Å²) in [7, 11) is 0. The van der Waals surface area contributed by atoms with Crippen molar-refractivity contribution in [2.75, 3.05) is 0 Å². The fourth-order valence-electron chi connectivity index (χ4n) is 12.0. The molecule has 0 heterocycles. The fraction of sp³-hybridized carbons (Fsp3) is 0.933. The van der Waals surface area contributed by atoms with Gasteiger partial charge in [-0.1, -0.05) is 131 Å². The van der Waals surface area contributed by atoms with E-state index in [4.69, 9.17) is 4.74 Å². The minimum absolute atomic E-state index is 0.0391. The Bertz CT molecular complexity index is 934. The van der Waals surface area contributed by atoms with Gasteiger partial charge in [-0.25, -0.2) is 0 Å². The largest absolute Gasteiger partial charge is 0.435 e. The average Bonchev–Trinajstić information content (AvgIpc) is 3.40. The van der Waals surface area contributed by atoms with E-state index in [9.17, 15) is 4.79 Å². The maximum Gasteiger partial charge on any atom is 0.310 e. The van der Waals surface area contributed by atoms with Gasteiger partial charge in [-0.15, -0.1) is 0 Å². The zero-order valence-corrected chi connectivity index (χ0v) is 32.5. The molecule has 0 bridgehead atoms. The minimum atomic E-state index is -0.0391. The Morgan fingerprint density at radius 3 is 1.98 bits per heavy atom. The van der Waals surface area contributed by atoms with Crippen LogP contribution in [0.5, 0.6) is 0 Å². The summed E-state index contributed by atoms with van der Waals surface area (Å²) in [4.78, 5) is 12.3. The van der Waals surface area contributed by atoms with Gasteiger partial charge >= 0.3 is 5.97 Å². The topological polar surface area (TPSA) is 26.3 Å². The summed E-state index contributed by atoms with van der Waals surface area (Å²) in [5, 5.41) is 0. The van der Waals surface area contributed by atoms with Crippen LogP contribution in [0.3, 0.4) is 0 Å². The summed E-state index contributed by atoms with van der Waals surface area (Å²) in [6, 6.07) is 0. The quantitative estimate of drug-likeness (QED) is 0.0700. The number of allylic oxidation sites excluding steroid dienone is 1. The van der Waals surface area contributed by atoms with Crippen LogP contribution in [-0.4, -0.2) is 5.97 Å². The lowest BCUT2D eigenvalue weighted by Gasteiger charge is -2.61. The standard InChI is InChI=1S/C45H80O2/c1-35(2)22-17-15-13-11-9-7-8-10-12-14-16-18-26-43(46)47-34-36(3)23-21-24-37(4)40-29-30-41-39-28-27-38-25-19-20-32-44(38,5)42(39)31-33-45(40,41)6/h34-35,37-42H,7-33H2,1-6H3/t37-,38?,39+,40-,41+,42+,44+,45-/m1/s1. The van der Waals surface area contributed by atoms with Gasteiger partial charge in [-0.05, 0) is 135 Å². The highest BCUT2D eigenvalue weighted by Gasteiger charge is 2.60. The normalized spacial score (nSPS) is 32.9. The highest BCUT2D eigenvalue weighted by atomic mass is 16.5. The maximum atomic E-state index is 12.3. The van der Waals surface area contributed by atoms with Gasteiger partial charge in [-0.3, -0.25) is 4.79 Å². The lowest BCUT2D eigenvalue weighted by Crippen LogP contribution is -2.53. The number of esters is 1. The Morgan fingerprint density at radius 2 is 1.30 bits per heavy atom. The molecule has 4 fully saturated rings. The molecule has 0 aromatic heterocycles. The van der Waals surface area contributed by atoms with Crippen LogP contribution >= 0.6 is 0 Å². The minimum Gasteiger partial charge on any atom is -0.435 e. The number of rotatable bonds is 21. The lowest BCUT2D eigenvalue weighted by molar-refractivity contribution is -0.138. The molecular weight excluding hydrogens is 572 g/mol. The van der Waals surface area contributed by atoms with Crippen molar-refractivity contribution in [3.63, 3.8) is 0 Å². The SMILES string of the molecule is CC(=COC(=O)CCCCCCCCCCCCCCC(C)C)CCC[C@@H](C)[C@H]1CC[C@H]2[C@@H]3CCC4CCCC[C@]4(C)[C@H]3CC[C@]12C. The van der Waals surface area contributed by atoms with Gasteiger partial charge in [0.1, 0.15) is 0 Å². The molecule has 0 aliphatic heterocycles. The van der Waals surface area contributed by atoms with Crippen molar-refractivity contribution in [1.82, 2.24) is 0 Å². The second-order valence-electron chi connectivity index (χ2n) is 18.6. The van der Waals surface area contributed by atoms with Crippen molar-refractivity contribution in [3.05, 3.63) is 11.8 Å². The van der Waals surface area contributed by atoms with E-state index >= 15 is 0 Å². The fourth-order valence-corrected chi connectivity index (χ4v) is 12.0. The number of hydrogen-bond donors (Lipinski definition) is 0. The summed E-state index contributed by atoms with van der Waals surface area (Å²) in [5.41, 5.74) is 2.46. The average molecular weight is 653 g/mol. The smallest absolute Gasteiger partial charge is 0.310 e. The van der Waals surface area contributed by atoms with Crippen molar-refractivity contribution in [1.29, 1.82) is 0 Å². The predicted octanol–water partition coefficient (Wildman–Crippen LogP) is 14.4. The Morgan fingerprint density at radius 1 is 0.660 bits per heavy atom. The van der Waals surface area contributed by atoms with Crippen LogP contribution in [0.4, 0.5) is 0 Å². The van der Waals surface area contributed by atoms with Gasteiger partial charge in [0, 0.05) is 6.42 Å². The molecule has 0 amide bonds. The molecule has 0 saturated heterocycles. The van der Waals surface area contributed by atoms with Crippen LogP contribution in [-0.2, 0) is 9.53 Å². The van der Waals surface area contributed by atoms with Gasteiger partial charge in [0.05, 0.1) is 6.26 Å². The molecular formula is C45H80O2. The Labute approximate surface area is 293 Å². The van der Waals surface area contributed by atoms with Crippen molar-refractivity contribution in [2.24, 2.45) is 52.3 Å². The van der Waals surface area contributed by atoms with Gasteiger partial charge < -0.3 is 4.74 Å². The van der Waals surface area contributed by atoms with E-state index in [1.165, 1.54) is 153 Å². The number of carbonyl (C=O) groups excluding carboxylic acids is 1. The molecule has 47 heavy (non-hydrogen) atoms. The van der Waals surface area contributed by atoms with Gasteiger partial charge in [-0.2, -0.15) is 0 Å². The summed E-state index contributed by atoms with van der Waals surface area (Å²) in [6.07, 6.45) is 38.4. The second kappa shape index (κ2) is 19.6. The molecule has 0 aromatic rings. The Kier molecular flexibility index (Phi) is 16.2. The highest BCUT2D eigenvalue weighted by Crippen LogP contribution is 2.68. The molecule has 8 atom stereocenters. The first-order valence-electron chi connectivity index (χ1n) is 21.5. The molecule has 1 unspecified atom stereocenters. The van der Waals surface area contributed by atoms with Crippen molar-refractivity contribution in [2.45, 2.75) is 215 Å². The third kappa shape index (κ3) is 11.1. The summed E-state index contributed by atoms with van der Waals surface area (Å²) < 4.78 is 5.56. The molecule has 2 heteroatoms. The monoisotopic (exact) mass is 653 g/mol. The predicted molar refractivity (Wildman–Crippen MR) is 202 cm³/mol. The number of ether oxygens (including phenoxy) is 1. The molecule has 272 valence electrons. The third-order valence-corrected chi connectivity index (χ3v) is 14.9. The second-order valence-corrected chi connectivity index (χ2v) is 18.6. The lowest BCUT2D eigenvalue weighted by atomic mass is 9.44. The number of carbonyl (C=O) groups is 1. The van der Waals surface area contributed by atoms with E-state index in [1.807, 2.05) is 0 Å². The van der Waals surface area contributed by atoms with Crippen LogP contribution in [0.15, 0.2) is 11.8 Å². The van der Waals surface area contributed by atoms with Crippen LogP contribution in [0.25, 0.3) is 0 Å². The molecule has 0 N–H and O–H groups in total. The zero-order chi connectivity index (χ0) is 33.7. The van der Waals surface area contributed by atoms with Crippen LogP contribution < -0.4 is 0 Å². The highest BCUT2D eigenvalue weighted by molar-refractivity contribution is 5.69. The molecule has 4 aliphatic rings. The van der Waals surface area contributed by atoms with Gasteiger partial charge in [0.25, 0.3) is 0 Å². The summed E-state index contributed by atoms with van der Waals surface area (Å²) >= 11 is 0. The Balaban J connectivity index is 1.02. The van der Waals surface area contributed by atoms with Crippen LogP contribution in [0.2, 0.25) is 0 Å². The van der Waals surface area contributed by atoms with E-state index in [1.54, 1.807) is 6.26 Å². The zero-order valence-electron chi connectivity index (χ0n) is 32.5.